The summed E-state index contributed by atoms with van der Waals surface area (Å²) in [5, 5.41) is 22.3. The zero-order valence-corrected chi connectivity index (χ0v) is 12.0. The van der Waals surface area contributed by atoms with Gasteiger partial charge in [0.1, 0.15) is 22.9 Å². The molecule has 0 amide bonds. The maximum absolute atomic E-state index is 9.68. The molecule has 0 unspecified atom stereocenters. The SMILES string of the molecule is N#C/C(=C\Nc1ccccc1O)c1nc2cc(Cl)ccc2o1. The van der Waals surface area contributed by atoms with Gasteiger partial charge in [0.25, 0.3) is 0 Å². The van der Waals surface area contributed by atoms with Crippen molar-refractivity contribution in [3.05, 3.63) is 59.6 Å². The van der Waals surface area contributed by atoms with Crippen LogP contribution in [0.2, 0.25) is 5.02 Å². The molecular weight excluding hydrogens is 302 g/mol. The van der Waals surface area contributed by atoms with Crippen molar-refractivity contribution in [2.45, 2.75) is 0 Å². The van der Waals surface area contributed by atoms with Gasteiger partial charge in [0.15, 0.2) is 5.58 Å². The van der Waals surface area contributed by atoms with E-state index in [1.54, 1.807) is 42.5 Å². The van der Waals surface area contributed by atoms with Crippen molar-refractivity contribution < 1.29 is 9.52 Å². The van der Waals surface area contributed by atoms with Crippen LogP contribution in [-0.4, -0.2) is 10.1 Å². The predicted octanol–water partition coefficient (Wildman–Crippen LogP) is 4.16. The largest absolute Gasteiger partial charge is 0.506 e. The molecule has 22 heavy (non-hydrogen) atoms. The Kier molecular flexibility index (Phi) is 3.69. The molecule has 5 nitrogen and oxygen atoms in total. The van der Waals surface area contributed by atoms with Crippen molar-refractivity contribution >= 4 is 34.0 Å². The van der Waals surface area contributed by atoms with Crippen LogP contribution in [0.4, 0.5) is 5.69 Å². The van der Waals surface area contributed by atoms with Gasteiger partial charge in [0.05, 0.1) is 5.69 Å². The fourth-order valence-corrected chi connectivity index (χ4v) is 2.07. The fraction of sp³-hybridized carbons (Fsp3) is 0. The molecule has 0 fully saturated rings. The summed E-state index contributed by atoms with van der Waals surface area (Å²) < 4.78 is 5.53. The van der Waals surface area contributed by atoms with Gasteiger partial charge in [-0.15, -0.1) is 0 Å². The number of allylic oxidation sites excluding steroid dienone is 1. The number of hydrogen-bond acceptors (Lipinski definition) is 5. The minimum atomic E-state index is 0.0837. The number of anilines is 1. The van der Waals surface area contributed by atoms with Crippen LogP contribution in [0.25, 0.3) is 16.7 Å². The van der Waals surface area contributed by atoms with Gasteiger partial charge < -0.3 is 14.8 Å². The first kappa shape index (κ1) is 14.0. The Bertz CT molecular complexity index is 909. The molecular formula is C16H10ClN3O2. The lowest BCUT2D eigenvalue weighted by Gasteiger charge is -2.03. The number of phenols is 1. The Morgan fingerprint density at radius 2 is 2.14 bits per heavy atom. The number of oxazole rings is 1. The van der Waals surface area contributed by atoms with E-state index < -0.39 is 0 Å². The van der Waals surface area contributed by atoms with Gasteiger partial charge >= 0.3 is 0 Å². The number of aromatic hydroxyl groups is 1. The van der Waals surface area contributed by atoms with E-state index in [0.29, 0.717) is 21.8 Å². The number of rotatable bonds is 3. The van der Waals surface area contributed by atoms with E-state index in [0.717, 1.165) is 0 Å². The molecule has 1 heterocycles. The second kappa shape index (κ2) is 5.80. The normalized spacial score (nSPS) is 11.4. The lowest BCUT2D eigenvalue weighted by atomic mass is 10.3. The fourth-order valence-electron chi connectivity index (χ4n) is 1.90. The molecule has 2 aromatic carbocycles. The van der Waals surface area contributed by atoms with Crippen molar-refractivity contribution in [2.75, 3.05) is 5.32 Å². The third-order valence-corrected chi connectivity index (χ3v) is 3.21. The molecule has 0 aliphatic rings. The quantitative estimate of drug-likeness (QED) is 0.560. The number of hydrogen-bond donors (Lipinski definition) is 2. The van der Waals surface area contributed by atoms with Gasteiger partial charge in [0, 0.05) is 11.2 Å². The summed E-state index contributed by atoms with van der Waals surface area (Å²) in [6.07, 6.45) is 1.43. The zero-order chi connectivity index (χ0) is 15.5. The highest BCUT2D eigenvalue weighted by molar-refractivity contribution is 6.31. The molecule has 0 radical (unpaired) electrons. The monoisotopic (exact) mass is 311 g/mol. The predicted molar refractivity (Wildman–Crippen MR) is 84.3 cm³/mol. The maximum Gasteiger partial charge on any atom is 0.239 e. The molecule has 0 bridgehead atoms. The molecule has 0 aliphatic carbocycles. The lowest BCUT2D eigenvalue weighted by Crippen LogP contribution is -1.91. The maximum atomic E-state index is 9.68. The number of para-hydroxylation sites is 2. The minimum Gasteiger partial charge on any atom is -0.506 e. The molecule has 6 heteroatoms. The molecule has 0 spiro atoms. The van der Waals surface area contributed by atoms with Gasteiger partial charge in [-0.25, -0.2) is 4.98 Å². The smallest absolute Gasteiger partial charge is 0.239 e. The summed E-state index contributed by atoms with van der Waals surface area (Å²) in [5.41, 5.74) is 1.80. The second-order valence-corrected chi connectivity index (χ2v) is 4.90. The van der Waals surface area contributed by atoms with Gasteiger partial charge in [-0.05, 0) is 30.3 Å². The van der Waals surface area contributed by atoms with Crippen LogP contribution >= 0.6 is 11.6 Å². The van der Waals surface area contributed by atoms with Gasteiger partial charge in [-0.3, -0.25) is 0 Å². The molecule has 3 aromatic rings. The number of benzene rings is 2. The van der Waals surface area contributed by atoms with E-state index >= 15 is 0 Å². The van der Waals surface area contributed by atoms with E-state index in [9.17, 15) is 10.4 Å². The summed E-state index contributed by atoms with van der Waals surface area (Å²) in [5.74, 6) is 0.267. The molecule has 0 atom stereocenters. The number of nitrogens with zero attached hydrogens (tertiary/aromatic N) is 2. The first-order valence-corrected chi connectivity index (χ1v) is 6.76. The minimum absolute atomic E-state index is 0.0837. The number of nitrogens with one attached hydrogen (secondary N) is 1. The van der Waals surface area contributed by atoms with Crippen LogP contribution in [0, 0.1) is 11.3 Å². The van der Waals surface area contributed by atoms with Crippen molar-refractivity contribution in [1.82, 2.24) is 4.98 Å². The molecule has 1 aromatic heterocycles. The van der Waals surface area contributed by atoms with Crippen LogP contribution in [0.15, 0.2) is 53.1 Å². The van der Waals surface area contributed by atoms with Crippen molar-refractivity contribution in [3.63, 3.8) is 0 Å². The highest BCUT2D eigenvalue weighted by Crippen LogP contribution is 2.25. The second-order valence-electron chi connectivity index (χ2n) is 4.46. The number of fused-ring (bicyclic) bond motifs is 1. The lowest BCUT2D eigenvalue weighted by molar-refractivity contribution is 0.477. The zero-order valence-electron chi connectivity index (χ0n) is 11.2. The summed E-state index contributed by atoms with van der Waals surface area (Å²) >= 11 is 5.90. The van der Waals surface area contributed by atoms with Crippen molar-refractivity contribution in [1.29, 1.82) is 5.26 Å². The summed E-state index contributed by atoms with van der Waals surface area (Å²) in [6.45, 7) is 0. The van der Waals surface area contributed by atoms with E-state index in [4.69, 9.17) is 16.0 Å². The molecule has 0 saturated heterocycles. The molecule has 0 aliphatic heterocycles. The third kappa shape index (κ3) is 2.73. The van der Waals surface area contributed by atoms with E-state index in [1.165, 1.54) is 6.20 Å². The van der Waals surface area contributed by atoms with Crippen LogP contribution in [0.5, 0.6) is 5.75 Å². The number of nitriles is 1. The molecule has 0 saturated carbocycles. The van der Waals surface area contributed by atoms with Gasteiger partial charge in [-0.1, -0.05) is 23.7 Å². The molecule has 108 valence electrons. The van der Waals surface area contributed by atoms with Gasteiger partial charge in [-0.2, -0.15) is 5.26 Å². The Labute approximate surface area is 131 Å². The topological polar surface area (TPSA) is 82.1 Å². The Balaban J connectivity index is 1.94. The van der Waals surface area contributed by atoms with Crippen LogP contribution < -0.4 is 5.32 Å². The first-order valence-electron chi connectivity index (χ1n) is 6.38. The average molecular weight is 312 g/mol. The molecule has 3 rings (SSSR count). The number of phenolic OH excluding ortho intramolecular Hbond substituents is 1. The third-order valence-electron chi connectivity index (χ3n) is 2.98. The van der Waals surface area contributed by atoms with Crippen LogP contribution in [-0.2, 0) is 0 Å². The van der Waals surface area contributed by atoms with E-state index in [-0.39, 0.29) is 17.2 Å². The Hall–Kier alpha value is -2.97. The summed E-state index contributed by atoms with van der Waals surface area (Å²) in [4.78, 5) is 4.24. The van der Waals surface area contributed by atoms with E-state index in [2.05, 4.69) is 10.3 Å². The first-order chi connectivity index (χ1) is 10.7. The highest BCUT2D eigenvalue weighted by atomic mass is 35.5. The molecule has 2 N–H and O–H groups in total. The van der Waals surface area contributed by atoms with Crippen LogP contribution in [0.1, 0.15) is 5.89 Å². The Morgan fingerprint density at radius 1 is 1.32 bits per heavy atom. The van der Waals surface area contributed by atoms with Crippen LogP contribution in [0.3, 0.4) is 0 Å². The highest BCUT2D eigenvalue weighted by Gasteiger charge is 2.11. The number of aromatic nitrogens is 1. The number of halogens is 1. The van der Waals surface area contributed by atoms with Crippen molar-refractivity contribution in [3.8, 4) is 11.8 Å². The van der Waals surface area contributed by atoms with E-state index in [1.807, 2.05) is 6.07 Å². The Morgan fingerprint density at radius 3 is 2.91 bits per heavy atom. The summed E-state index contributed by atoms with van der Waals surface area (Å²) in [6, 6.07) is 13.8. The standard InChI is InChI=1S/C16H10ClN3O2/c17-11-5-6-15-13(7-11)20-16(22-15)10(8-18)9-19-12-3-1-2-4-14(12)21/h1-7,9,19,21H/b10-9+. The van der Waals surface area contributed by atoms with Gasteiger partial charge in [0.2, 0.25) is 5.89 Å². The van der Waals surface area contributed by atoms with Crippen molar-refractivity contribution in [2.24, 2.45) is 0 Å². The average Bonchev–Trinajstić information content (AvgIpc) is 2.92. The summed E-state index contributed by atoms with van der Waals surface area (Å²) in [7, 11) is 0.